The number of thioether (sulfide) groups is 1. The summed E-state index contributed by atoms with van der Waals surface area (Å²) < 4.78 is 0.682. The van der Waals surface area contributed by atoms with Crippen LogP contribution >= 0.6 is 34.7 Å². The number of hydrogen-bond donors (Lipinski definition) is 2. The minimum absolute atomic E-state index is 0.0763. The Kier molecular flexibility index (Phi) is 6.56. The van der Waals surface area contributed by atoms with Crippen molar-refractivity contribution in [2.24, 2.45) is 0 Å². The molecule has 1 fully saturated rings. The predicted octanol–water partition coefficient (Wildman–Crippen LogP) is 3.07. The molecule has 7 nitrogen and oxygen atoms in total. The molecule has 1 aromatic heterocycles. The molecule has 1 aromatic carbocycles. The summed E-state index contributed by atoms with van der Waals surface area (Å²) >= 11 is 8.79. The largest absolute Gasteiger partial charge is 0.352 e. The number of halogens is 1. The lowest BCUT2D eigenvalue weighted by Crippen LogP contribution is -2.39. The second-order valence-corrected chi connectivity index (χ2v) is 8.90. The maximum absolute atomic E-state index is 12.2. The van der Waals surface area contributed by atoms with Crippen molar-refractivity contribution in [1.82, 2.24) is 20.4 Å². The van der Waals surface area contributed by atoms with E-state index in [1.165, 1.54) is 28.0 Å². The highest BCUT2D eigenvalue weighted by molar-refractivity contribution is 8.01. The lowest BCUT2D eigenvalue weighted by atomic mass is 10.2. The smallest absolute Gasteiger partial charge is 0.239 e. The molecule has 1 aliphatic rings. The van der Waals surface area contributed by atoms with E-state index in [4.69, 9.17) is 11.6 Å². The standard InChI is InChI=1S/C17H20ClN5O2S2/c1-10-12(18)4-3-5-13(10)20-16-21-22-17(27-16)26-9-15(25)23(2)8-14(24)19-11-6-7-11/h3-5,11H,6-9H2,1-2H3,(H,19,24)(H,20,21). The van der Waals surface area contributed by atoms with E-state index >= 15 is 0 Å². The van der Waals surface area contributed by atoms with Gasteiger partial charge in [-0.15, -0.1) is 10.2 Å². The first-order valence-corrected chi connectivity index (χ1v) is 10.6. The molecule has 0 radical (unpaired) electrons. The predicted molar refractivity (Wildman–Crippen MR) is 109 cm³/mol. The van der Waals surface area contributed by atoms with Gasteiger partial charge in [0.15, 0.2) is 4.34 Å². The second-order valence-electron chi connectivity index (χ2n) is 6.29. The Morgan fingerprint density at radius 3 is 2.89 bits per heavy atom. The highest BCUT2D eigenvalue weighted by atomic mass is 35.5. The molecular formula is C17H20ClN5O2S2. The van der Waals surface area contributed by atoms with Crippen molar-refractivity contribution < 1.29 is 9.59 Å². The van der Waals surface area contributed by atoms with Crippen molar-refractivity contribution >= 4 is 57.3 Å². The van der Waals surface area contributed by atoms with Crippen LogP contribution < -0.4 is 10.6 Å². The molecule has 0 aliphatic heterocycles. The Morgan fingerprint density at radius 1 is 1.37 bits per heavy atom. The molecule has 2 aromatic rings. The summed E-state index contributed by atoms with van der Waals surface area (Å²) in [6.45, 7) is 2.00. The molecule has 3 rings (SSSR count). The van der Waals surface area contributed by atoms with Gasteiger partial charge in [0.25, 0.3) is 0 Å². The van der Waals surface area contributed by atoms with Gasteiger partial charge in [0, 0.05) is 23.8 Å². The van der Waals surface area contributed by atoms with Gasteiger partial charge in [-0.3, -0.25) is 9.59 Å². The van der Waals surface area contributed by atoms with Crippen molar-refractivity contribution in [2.45, 2.75) is 30.1 Å². The van der Waals surface area contributed by atoms with Gasteiger partial charge in [-0.05, 0) is 37.5 Å². The minimum Gasteiger partial charge on any atom is -0.352 e. The number of carbonyl (C=O) groups excluding carboxylic acids is 2. The first-order valence-electron chi connectivity index (χ1n) is 8.44. The second kappa shape index (κ2) is 8.90. The van der Waals surface area contributed by atoms with E-state index < -0.39 is 0 Å². The molecule has 10 heteroatoms. The van der Waals surface area contributed by atoms with Crippen LogP contribution in [0.2, 0.25) is 5.02 Å². The van der Waals surface area contributed by atoms with Gasteiger partial charge in [-0.2, -0.15) is 0 Å². The fourth-order valence-corrected chi connectivity index (χ4v) is 4.09. The fraction of sp³-hybridized carbons (Fsp3) is 0.412. The fourth-order valence-electron chi connectivity index (χ4n) is 2.21. The molecule has 0 atom stereocenters. The topological polar surface area (TPSA) is 87.2 Å². The summed E-state index contributed by atoms with van der Waals surface area (Å²) in [6, 6.07) is 5.91. The van der Waals surface area contributed by atoms with Gasteiger partial charge in [0.2, 0.25) is 16.9 Å². The lowest BCUT2D eigenvalue weighted by Gasteiger charge is -2.16. The third-order valence-electron chi connectivity index (χ3n) is 3.98. The highest BCUT2D eigenvalue weighted by Gasteiger charge is 2.24. The number of rotatable bonds is 8. The van der Waals surface area contributed by atoms with Crippen LogP contribution in [0.5, 0.6) is 0 Å². The Balaban J connectivity index is 1.47. The first-order chi connectivity index (χ1) is 12.9. The number of amides is 2. The van der Waals surface area contributed by atoms with Crippen LogP contribution in [-0.4, -0.2) is 52.3 Å². The molecule has 0 saturated heterocycles. The van der Waals surface area contributed by atoms with Crippen molar-refractivity contribution in [3.05, 3.63) is 28.8 Å². The summed E-state index contributed by atoms with van der Waals surface area (Å²) in [4.78, 5) is 25.4. The molecule has 0 spiro atoms. The zero-order chi connectivity index (χ0) is 19.4. The summed E-state index contributed by atoms with van der Waals surface area (Å²) in [5.41, 5.74) is 1.80. The Morgan fingerprint density at radius 2 is 2.15 bits per heavy atom. The molecule has 0 bridgehead atoms. The maximum Gasteiger partial charge on any atom is 0.239 e. The van der Waals surface area contributed by atoms with E-state index in [2.05, 4.69) is 20.8 Å². The normalized spacial score (nSPS) is 13.3. The molecular weight excluding hydrogens is 406 g/mol. The Labute approximate surface area is 170 Å². The van der Waals surface area contributed by atoms with Crippen molar-refractivity contribution in [1.29, 1.82) is 0 Å². The van der Waals surface area contributed by atoms with Crippen LogP contribution in [0.4, 0.5) is 10.8 Å². The number of likely N-dealkylation sites (N-methyl/N-ethyl adjacent to an activating group) is 1. The zero-order valence-electron chi connectivity index (χ0n) is 15.0. The van der Waals surface area contributed by atoms with Gasteiger partial charge in [0.05, 0.1) is 12.3 Å². The number of anilines is 2. The average Bonchev–Trinajstić information content (AvgIpc) is 3.32. The maximum atomic E-state index is 12.2. The molecule has 1 heterocycles. The van der Waals surface area contributed by atoms with Gasteiger partial charge in [-0.25, -0.2) is 0 Å². The van der Waals surface area contributed by atoms with E-state index in [9.17, 15) is 9.59 Å². The third-order valence-corrected chi connectivity index (χ3v) is 6.35. The molecule has 0 unspecified atom stereocenters. The lowest BCUT2D eigenvalue weighted by molar-refractivity contribution is -0.132. The zero-order valence-corrected chi connectivity index (χ0v) is 17.4. The Bertz CT molecular complexity index is 840. The van der Waals surface area contributed by atoms with E-state index in [0.717, 1.165) is 24.1 Å². The number of nitrogens with zero attached hydrogens (tertiary/aromatic N) is 3. The van der Waals surface area contributed by atoms with E-state index in [1.807, 2.05) is 25.1 Å². The average molecular weight is 426 g/mol. The van der Waals surface area contributed by atoms with Crippen LogP contribution in [0.15, 0.2) is 22.5 Å². The number of aromatic nitrogens is 2. The van der Waals surface area contributed by atoms with Crippen LogP contribution in [0.25, 0.3) is 0 Å². The first kappa shape index (κ1) is 19.9. The monoisotopic (exact) mass is 425 g/mol. The van der Waals surface area contributed by atoms with Gasteiger partial charge in [-0.1, -0.05) is 40.8 Å². The minimum atomic E-state index is -0.124. The molecule has 2 amide bonds. The van der Waals surface area contributed by atoms with E-state index in [0.29, 0.717) is 20.5 Å². The number of benzene rings is 1. The summed E-state index contributed by atoms with van der Waals surface area (Å²) in [5, 5.41) is 15.6. The molecule has 1 saturated carbocycles. The van der Waals surface area contributed by atoms with Gasteiger partial charge >= 0.3 is 0 Å². The van der Waals surface area contributed by atoms with Crippen molar-refractivity contribution in [2.75, 3.05) is 24.7 Å². The number of carbonyl (C=O) groups is 2. The molecule has 27 heavy (non-hydrogen) atoms. The highest BCUT2D eigenvalue weighted by Crippen LogP contribution is 2.30. The Hall–Kier alpha value is -1.84. The van der Waals surface area contributed by atoms with Crippen LogP contribution in [0.3, 0.4) is 0 Å². The van der Waals surface area contributed by atoms with Crippen molar-refractivity contribution in [3.8, 4) is 0 Å². The molecule has 144 valence electrons. The quantitative estimate of drug-likeness (QED) is 0.632. The van der Waals surface area contributed by atoms with Crippen molar-refractivity contribution in [3.63, 3.8) is 0 Å². The number of hydrogen-bond acceptors (Lipinski definition) is 7. The third kappa shape index (κ3) is 5.82. The molecule has 2 N–H and O–H groups in total. The molecule has 1 aliphatic carbocycles. The van der Waals surface area contributed by atoms with E-state index in [-0.39, 0.29) is 24.1 Å². The SMILES string of the molecule is Cc1c(Cl)cccc1Nc1nnc(SCC(=O)N(C)CC(=O)NC2CC2)s1. The summed E-state index contributed by atoms with van der Waals surface area (Å²) in [7, 11) is 1.63. The van der Waals surface area contributed by atoms with Gasteiger partial charge in [0.1, 0.15) is 0 Å². The van der Waals surface area contributed by atoms with E-state index in [1.54, 1.807) is 7.05 Å². The number of nitrogens with one attached hydrogen (secondary N) is 2. The van der Waals surface area contributed by atoms with Crippen LogP contribution in [0, 0.1) is 6.92 Å². The summed E-state index contributed by atoms with van der Waals surface area (Å²) in [5.74, 6) is -0.0307. The van der Waals surface area contributed by atoms with Gasteiger partial charge < -0.3 is 15.5 Å². The van der Waals surface area contributed by atoms with Crippen LogP contribution in [0.1, 0.15) is 18.4 Å². The van der Waals surface area contributed by atoms with Crippen LogP contribution in [-0.2, 0) is 9.59 Å². The summed E-state index contributed by atoms with van der Waals surface area (Å²) in [6.07, 6.45) is 2.06.